The zero-order chi connectivity index (χ0) is 18.4. The van der Waals surface area contributed by atoms with Crippen molar-refractivity contribution in [2.24, 2.45) is 0 Å². The van der Waals surface area contributed by atoms with Crippen molar-refractivity contribution in [2.75, 3.05) is 11.4 Å². The molecule has 1 N–H and O–H groups in total. The maximum Gasteiger partial charge on any atom is 0.244 e. The van der Waals surface area contributed by atoms with Crippen LogP contribution in [-0.2, 0) is 16.0 Å². The second kappa shape index (κ2) is 8.52. The first-order valence-electron chi connectivity index (χ1n) is 9.03. The van der Waals surface area contributed by atoms with Crippen molar-refractivity contribution in [3.8, 4) is 0 Å². The molecule has 5 nitrogen and oxygen atoms in total. The molecule has 0 radical (unpaired) electrons. The van der Waals surface area contributed by atoms with Gasteiger partial charge in [0.25, 0.3) is 0 Å². The summed E-state index contributed by atoms with van der Waals surface area (Å²) in [6.07, 6.45) is 8.15. The summed E-state index contributed by atoms with van der Waals surface area (Å²) >= 11 is 0. The van der Waals surface area contributed by atoms with E-state index in [0.29, 0.717) is 6.42 Å². The quantitative estimate of drug-likeness (QED) is 0.775. The predicted octanol–water partition coefficient (Wildman–Crippen LogP) is 3.56. The summed E-state index contributed by atoms with van der Waals surface area (Å²) in [5, 5.41) is 2.95. The van der Waals surface area contributed by atoms with Crippen molar-refractivity contribution in [3.63, 3.8) is 0 Å². The fourth-order valence-corrected chi connectivity index (χ4v) is 3.04. The van der Waals surface area contributed by atoms with Crippen LogP contribution in [0.5, 0.6) is 0 Å². The topological polar surface area (TPSA) is 62.6 Å². The highest BCUT2D eigenvalue weighted by Gasteiger charge is 2.21. The van der Waals surface area contributed by atoms with Crippen LogP contribution in [0, 0.1) is 0 Å². The van der Waals surface area contributed by atoms with Crippen LogP contribution in [0.15, 0.2) is 53.2 Å². The van der Waals surface area contributed by atoms with E-state index in [0.717, 1.165) is 42.8 Å². The average Bonchev–Trinajstić information content (AvgIpc) is 3.30. The summed E-state index contributed by atoms with van der Waals surface area (Å²) in [7, 11) is 0. The van der Waals surface area contributed by atoms with Gasteiger partial charge in [0.2, 0.25) is 11.8 Å². The molecular weight excluding hydrogens is 328 g/mol. The van der Waals surface area contributed by atoms with Crippen LogP contribution >= 0.6 is 0 Å². The van der Waals surface area contributed by atoms with Crippen molar-refractivity contribution < 1.29 is 14.0 Å². The SMILES string of the molecule is CC(CCc1ccco1)NC(=O)/C=C/c1ccc(N2CCCC2=O)cc1. The molecule has 26 heavy (non-hydrogen) atoms. The summed E-state index contributed by atoms with van der Waals surface area (Å²) in [6, 6.07) is 11.6. The molecule has 1 aromatic heterocycles. The molecule has 0 bridgehead atoms. The Bertz CT molecular complexity index is 763. The molecular formula is C21H24N2O3. The molecule has 0 aliphatic carbocycles. The second-order valence-corrected chi connectivity index (χ2v) is 6.60. The molecule has 1 aliphatic heterocycles. The number of benzene rings is 1. The number of furan rings is 1. The lowest BCUT2D eigenvalue weighted by molar-refractivity contribution is -0.117. The number of amides is 2. The first-order valence-corrected chi connectivity index (χ1v) is 9.03. The van der Waals surface area contributed by atoms with E-state index in [1.807, 2.05) is 43.3 Å². The standard InChI is InChI=1S/C21H24N2O3/c1-16(6-12-19-4-3-15-26-19)22-20(24)13-9-17-7-10-18(11-8-17)23-14-2-5-21(23)25/h3-4,7-11,13,15-16H,2,5-6,12,14H2,1H3,(H,22,24)/b13-9+. The normalized spacial score (nSPS) is 15.6. The van der Waals surface area contributed by atoms with Crippen molar-refractivity contribution in [1.29, 1.82) is 0 Å². The number of carbonyl (C=O) groups is 2. The summed E-state index contributed by atoms with van der Waals surface area (Å²) in [4.78, 5) is 25.6. The van der Waals surface area contributed by atoms with Gasteiger partial charge in [-0.25, -0.2) is 0 Å². The van der Waals surface area contributed by atoms with Crippen molar-refractivity contribution in [1.82, 2.24) is 5.32 Å². The van der Waals surface area contributed by atoms with Gasteiger partial charge in [0.1, 0.15) is 5.76 Å². The Labute approximate surface area is 153 Å². The average molecular weight is 352 g/mol. The highest BCUT2D eigenvalue weighted by Crippen LogP contribution is 2.21. The first-order chi connectivity index (χ1) is 12.6. The van der Waals surface area contributed by atoms with Gasteiger partial charge in [0.05, 0.1) is 6.26 Å². The minimum absolute atomic E-state index is 0.0702. The Kier molecular flexibility index (Phi) is 5.89. The molecule has 2 aromatic rings. The first kappa shape index (κ1) is 18.0. The van der Waals surface area contributed by atoms with Gasteiger partial charge in [0, 0.05) is 37.2 Å². The number of aryl methyl sites for hydroxylation is 1. The van der Waals surface area contributed by atoms with E-state index >= 15 is 0 Å². The molecule has 1 atom stereocenters. The number of nitrogens with zero attached hydrogens (tertiary/aromatic N) is 1. The Hall–Kier alpha value is -2.82. The minimum Gasteiger partial charge on any atom is -0.469 e. The van der Waals surface area contributed by atoms with Crippen LogP contribution < -0.4 is 10.2 Å². The van der Waals surface area contributed by atoms with Crippen LogP contribution in [0.3, 0.4) is 0 Å². The maximum absolute atomic E-state index is 12.0. The lowest BCUT2D eigenvalue weighted by Crippen LogP contribution is -2.31. The van der Waals surface area contributed by atoms with Crippen LogP contribution in [0.2, 0.25) is 0 Å². The van der Waals surface area contributed by atoms with Crippen LogP contribution in [0.4, 0.5) is 5.69 Å². The van der Waals surface area contributed by atoms with Gasteiger partial charge in [-0.3, -0.25) is 9.59 Å². The lowest BCUT2D eigenvalue weighted by Gasteiger charge is -2.15. The van der Waals surface area contributed by atoms with Gasteiger partial charge in [-0.2, -0.15) is 0 Å². The van der Waals surface area contributed by atoms with Gasteiger partial charge in [-0.05, 0) is 55.7 Å². The molecule has 2 amide bonds. The molecule has 1 saturated heterocycles. The largest absolute Gasteiger partial charge is 0.469 e. The van der Waals surface area contributed by atoms with E-state index in [9.17, 15) is 9.59 Å². The predicted molar refractivity (Wildman–Crippen MR) is 102 cm³/mol. The smallest absolute Gasteiger partial charge is 0.244 e. The van der Waals surface area contributed by atoms with E-state index in [4.69, 9.17) is 4.42 Å². The Balaban J connectivity index is 1.47. The Morgan fingerprint density at radius 2 is 2.12 bits per heavy atom. The fraction of sp³-hybridized carbons (Fsp3) is 0.333. The van der Waals surface area contributed by atoms with Crippen molar-refractivity contribution in [3.05, 3.63) is 60.1 Å². The van der Waals surface area contributed by atoms with E-state index < -0.39 is 0 Å². The third-order valence-electron chi connectivity index (χ3n) is 4.50. The van der Waals surface area contributed by atoms with Gasteiger partial charge < -0.3 is 14.6 Å². The zero-order valence-electron chi connectivity index (χ0n) is 15.0. The molecule has 1 aliphatic rings. The molecule has 0 saturated carbocycles. The number of nitrogens with one attached hydrogen (secondary N) is 1. The molecule has 0 spiro atoms. The monoisotopic (exact) mass is 352 g/mol. The Morgan fingerprint density at radius 3 is 2.77 bits per heavy atom. The maximum atomic E-state index is 12.0. The molecule has 5 heteroatoms. The lowest BCUT2D eigenvalue weighted by atomic mass is 10.1. The minimum atomic E-state index is -0.115. The van der Waals surface area contributed by atoms with Crippen LogP contribution in [0.25, 0.3) is 6.08 Å². The molecule has 1 fully saturated rings. The van der Waals surface area contributed by atoms with Gasteiger partial charge >= 0.3 is 0 Å². The van der Waals surface area contributed by atoms with E-state index in [1.165, 1.54) is 0 Å². The number of carbonyl (C=O) groups excluding carboxylic acids is 2. The van der Waals surface area contributed by atoms with Crippen molar-refractivity contribution >= 4 is 23.6 Å². The van der Waals surface area contributed by atoms with Gasteiger partial charge in [-0.15, -0.1) is 0 Å². The molecule has 136 valence electrons. The number of hydrogen-bond donors (Lipinski definition) is 1. The highest BCUT2D eigenvalue weighted by molar-refractivity contribution is 5.95. The summed E-state index contributed by atoms with van der Waals surface area (Å²) in [5.41, 5.74) is 1.85. The van der Waals surface area contributed by atoms with Gasteiger partial charge in [-0.1, -0.05) is 12.1 Å². The van der Waals surface area contributed by atoms with E-state index in [1.54, 1.807) is 23.3 Å². The van der Waals surface area contributed by atoms with Crippen LogP contribution in [-0.4, -0.2) is 24.4 Å². The summed E-state index contributed by atoms with van der Waals surface area (Å²) in [6.45, 7) is 2.77. The molecule has 2 heterocycles. The second-order valence-electron chi connectivity index (χ2n) is 6.60. The third-order valence-corrected chi connectivity index (χ3v) is 4.50. The van der Waals surface area contributed by atoms with E-state index in [-0.39, 0.29) is 17.9 Å². The number of rotatable bonds is 7. The molecule has 1 unspecified atom stereocenters. The number of anilines is 1. The summed E-state index contributed by atoms with van der Waals surface area (Å²) in [5.74, 6) is 0.991. The van der Waals surface area contributed by atoms with Crippen molar-refractivity contribution in [2.45, 2.75) is 38.6 Å². The molecule has 1 aromatic carbocycles. The molecule has 3 rings (SSSR count). The number of hydrogen-bond acceptors (Lipinski definition) is 3. The Morgan fingerprint density at radius 1 is 1.31 bits per heavy atom. The van der Waals surface area contributed by atoms with Gasteiger partial charge in [0.15, 0.2) is 0 Å². The zero-order valence-corrected chi connectivity index (χ0v) is 15.0. The highest BCUT2D eigenvalue weighted by atomic mass is 16.3. The summed E-state index contributed by atoms with van der Waals surface area (Å²) < 4.78 is 5.30. The third kappa shape index (κ3) is 4.85. The fourth-order valence-electron chi connectivity index (χ4n) is 3.04. The van der Waals surface area contributed by atoms with Crippen LogP contribution in [0.1, 0.15) is 37.5 Å². The van der Waals surface area contributed by atoms with E-state index in [2.05, 4.69) is 5.32 Å².